The van der Waals surface area contributed by atoms with Gasteiger partial charge in [-0.05, 0) is 12.8 Å². The lowest BCUT2D eigenvalue weighted by Crippen LogP contribution is -2.43. The number of carbonyl (C=O) groups excluding carboxylic acids is 3. The summed E-state index contributed by atoms with van der Waals surface area (Å²) in [6.07, 6.45) is -1.83. The van der Waals surface area contributed by atoms with Gasteiger partial charge in [0.2, 0.25) is 12.2 Å². The third kappa shape index (κ3) is 11.2. The highest BCUT2D eigenvalue weighted by Gasteiger charge is 2.38. The number of rotatable bonds is 13. The Morgan fingerprint density at radius 3 is 2.25 bits per heavy atom. The lowest BCUT2D eigenvalue weighted by molar-refractivity contribution is -0.198. The standard InChI is InChI=1S/C17H31NO9S/c1-6-8-14(26-13(3)20)27-16(22)15(21)17(4,5)11-25-28(23,24)10-7-9-18-12(2)19/h14-15,21H,6-11H2,1-5H3,(H,18,19)/t14?,15-/m0/s1. The summed E-state index contributed by atoms with van der Waals surface area (Å²) in [4.78, 5) is 33.9. The minimum Gasteiger partial charge on any atom is -0.425 e. The number of ether oxygens (including phenoxy) is 2. The molecule has 164 valence electrons. The van der Waals surface area contributed by atoms with Crippen molar-refractivity contribution in [2.75, 3.05) is 18.9 Å². The molecule has 28 heavy (non-hydrogen) atoms. The van der Waals surface area contributed by atoms with E-state index < -0.39 is 46.5 Å². The molecule has 0 fully saturated rings. The molecule has 0 spiro atoms. The summed E-state index contributed by atoms with van der Waals surface area (Å²) in [5, 5.41) is 12.7. The van der Waals surface area contributed by atoms with Crippen LogP contribution in [0.15, 0.2) is 0 Å². The van der Waals surface area contributed by atoms with E-state index in [0.29, 0.717) is 6.42 Å². The molecule has 0 rings (SSSR count). The quantitative estimate of drug-likeness (QED) is 0.186. The summed E-state index contributed by atoms with van der Waals surface area (Å²) in [7, 11) is -3.90. The topological polar surface area (TPSA) is 145 Å². The Morgan fingerprint density at radius 2 is 1.75 bits per heavy atom. The minimum absolute atomic E-state index is 0.161. The van der Waals surface area contributed by atoms with Gasteiger partial charge in [-0.1, -0.05) is 20.8 Å². The Kier molecular flexibility index (Phi) is 11.2. The molecule has 2 atom stereocenters. The zero-order chi connectivity index (χ0) is 22.0. The van der Waals surface area contributed by atoms with Gasteiger partial charge in [-0.15, -0.1) is 0 Å². The van der Waals surface area contributed by atoms with E-state index in [1.165, 1.54) is 27.7 Å². The number of hydrogen-bond donors (Lipinski definition) is 2. The van der Waals surface area contributed by atoms with Gasteiger partial charge in [-0.3, -0.25) is 13.8 Å². The van der Waals surface area contributed by atoms with Crippen molar-refractivity contribution in [2.24, 2.45) is 5.41 Å². The normalized spacial score (nSPS) is 14.1. The molecule has 0 saturated heterocycles. The number of aliphatic hydroxyl groups excluding tert-OH is 1. The fraction of sp³-hybridized carbons (Fsp3) is 0.824. The van der Waals surface area contributed by atoms with Crippen LogP contribution in [0.5, 0.6) is 0 Å². The average Bonchev–Trinajstić information content (AvgIpc) is 2.56. The van der Waals surface area contributed by atoms with Crippen molar-refractivity contribution in [3.8, 4) is 0 Å². The maximum atomic E-state index is 12.1. The summed E-state index contributed by atoms with van der Waals surface area (Å²) in [5.41, 5.74) is -1.28. The van der Waals surface area contributed by atoms with E-state index in [4.69, 9.17) is 13.7 Å². The molecule has 0 aliphatic rings. The lowest BCUT2D eigenvalue weighted by Gasteiger charge is -2.29. The maximum absolute atomic E-state index is 12.1. The van der Waals surface area contributed by atoms with E-state index in [1.54, 1.807) is 6.92 Å². The van der Waals surface area contributed by atoms with Gasteiger partial charge in [0, 0.05) is 32.2 Å². The predicted molar refractivity (Wildman–Crippen MR) is 99.4 cm³/mol. The van der Waals surface area contributed by atoms with Crippen LogP contribution < -0.4 is 5.32 Å². The number of carbonyl (C=O) groups is 3. The van der Waals surface area contributed by atoms with Crippen LogP contribution in [0, 0.1) is 5.41 Å². The van der Waals surface area contributed by atoms with Crippen LogP contribution in [0.25, 0.3) is 0 Å². The van der Waals surface area contributed by atoms with Crippen LogP contribution in [0.4, 0.5) is 0 Å². The van der Waals surface area contributed by atoms with Gasteiger partial charge in [0.15, 0.2) is 6.10 Å². The third-order valence-corrected chi connectivity index (χ3v) is 4.85. The van der Waals surface area contributed by atoms with Gasteiger partial charge < -0.3 is 19.9 Å². The van der Waals surface area contributed by atoms with Crippen molar-refractivity contribution in [2.45, 2.75) is 66.3 Å². The largest absolute Gasteiger partial charge is 0.425 e. The van der Waals surface area contributed by atoms with Crippen LogP contribution in [-0.4, -0.2) is 62.7 Å². The fourth-order valence-electron chi connectivity index (χ4n) is 1.97. The molecule has 1 amide bonds. The maximum Gasteiger partial charge on any atom is 0.338 e. The average molecular weight is 426 g/mol. The summed E-state index contributed by atoms with van der Waals surface area (Å²) in [6, 6.07) is 0. The van der Waals surface area contributed by atoms with Crippen molar-refractivity contribution >= 4 is 28.0 Å². The van der Waals surface area contributed by atoms with Gasteiger partial charge in [-0.25, -0.2) is 4.79 Å². The Morgan fingerprint density at radius 1 is 1.14 bits per heavy atom. The number of aliphatic hydroxyl groups is 1. The smallest absolute Gasteiger partial charge is 0.338 e. The first-order valence-corrected chi connectivity index (χ1v) is 10.6. The van der Waals surface area contributed by atoms with Gasteiger partial charge in [-0.2, -0.15) is 8.42 Å². The molecule has 0 radical (unpaired) electrons. The van der Waals surface area contributed by atoms with Crippen LogP contribution >= 0.6 is 0 Å². The van der Waals surface area contributed by atoms with Gasteiger partial charge >= 0.3 is 11.9 Å². The molecular weight excluding hydrogens is 394 g/mol. The highest BCUT2D eigenvalue weighted by molar-refractivity contribution is 7.86. The van der Waals surface area contributed by atoms with Gasteiger partial charge in [0.05, 0.1) is 12.4 Å². The third-order valence-electron chi connectivity index (χ3n) is 3.59. The highest BCUT2D eigenvalue weighted by atomic mass is 32.2. The molecule has 11 heteroatoms. The van der Waals surface area contributed by atoms with E-state index in [2.05, 4.69) is 5.32 Å². The Bertz CT molecular complexity index is 631. The molecule has 0 aliphatic carbocycles. The van der Waals surface area contributed by atoms with E-state index in [0.717, 1.165) is 0 Å². The first-order valence-electron chi connectivity index (χ1n) is 8.98. The molecule has 0 aromatic heterocycles. The summed E-state index contributed by atoms with van der Waals surface area (Å²) >= 11 is 0. The fourth-order valence-corrected chi connectivity index (χ4v) is 3.07. The Balaban J connectivity index is 4.69. The van der Waals surface area contributed by atoms with E-state index in [1.807, 2.05) is 0 Å². The summed E-state index contributed by atoms with van der Waals surface area (Å²) < 4.78 is 38.6. The van der Waals surface area contributed by atoms with Crippen molar-refractivity contribution < 1.29 is 41.6 Å². The number of esters is 2. The number of amides is 1. The van der Waals surface area contributed by atoms with Gasteiger partial charge in [0.1, 0.15) is 0 Å². The van der Waals surface area contributed by atoms with Crippen LogP contribution in [0.1, 0.15) is 53.9 Å². The Hall–Kier alpha value is -1.72. The molecule has 0 aromatic carbocycles. The zero-order valence-electron chi connectivity index (χ0n) is 17.0. The van der Waals surface area contributed by atoms with Crippen LogP contribution in [0.3, 0.4) is 0 Å². The zero-order valence-corrected chi connectivity index (χ0v) is 17.8. The van der Waals surface area contributed by atoms with Crippen LogP contribution in [0.2, 0.25) is 0 Å². The first kappa shape index (κ1) is 26.3. The molecule has 0 heterocycles. The molecule has 0 saturated carbocycles. The van der Waals surface area contributed by atoms with Crippen molar-refractivity contribution in [3.63, 3.8) is 0 Å². The first-order chi connectivity index (χ1) is 12.8. The van der Waals surface area contributed by atoms with Crippen molar-refractivity contribution in [1.29, 1.82) is 0 Å². The second-order valence-corrected chi connectivity index (χ2v) is 8.78. The predicted octanol–water partition coefficient (Wildman–Crippen LogP) is 0.479. The van der Waals surface area contributed by atoms with E-state index in [9.17, 15) is 27.9 Å². The molecule has 0 bridgehead atoms. The van der Waals surface area contributed by atoms with E-state index >= 15 is 0 Å². The second-order valence-electron chi connectivity index (χ2n) is 7.02. The monoisotopic (exact) mass is 425 g/mol. The van der Waals surface area contributed by atoms with Crippen LogP contribution in [-0.2, 0) is 38.2 Å². The summed E-state index contributed by atoms with van der Waals surface area (Å²) in [5.74, 6) is -2.27. The van der Waals surface area contributed by atoms with Crippen molar-refractivity contribution in [1.82, 2.24) is 5.32 Å². The minimum atomic E-state index is -3.90. The molecule has 0 aromatic rings. The van der Waals surface area contributed by atoms with Gasteiger partial charge in [0.25, 0.3) is 10.1 Å². The number of hydrogen-bond acceptors (Lipinski definition) is 9. The molecule has 0 aliphatic heterocycles. The second kappa shape index (κ2) is 12.0. The lowest BCUT2D eigenvalue weighted by atomic mass is 9.87. The highest BCUT2D eigenvalue weighted by Crippen LogP contribution is 2.24. The SMILES string of the molecule is CCCC(OC(C)=O)OC(=O)[C@H](O)C(C)(C)COS(=O)(=O)CCCNC(C)=O. The molecule has 2 N–H and O–H groups in total. The van der Waals surface area contributed by atoms with E-state index in [-0.39, 0.29) is 31.0 Å². The Labute approximate surface area is 166 Å². The molecular formula is C17H31NO9S. The molecule has 1 unspecified atom stereocenters. The number of nitrogens with one attached hydrogen (secondary N) is 1. The molecule has 10 nitrogen and oxygen atoms in total. The van der Waals surface area contributed by atoms with Crippen molar-refractivity contribution in [3.05, 3.63) is 0 Å². The summed E-state index contributed by atoms with van der Waals surface area (Å²) in [6.45, 7) is 6.89.